The molecule has 1 aliphatic carbocycles. The van der Waals surface area contributed by atoms with Crippen LogP contribution in [-0.4, -0.2) is 6.04 Å². The van der Waals surface area contributed by atoms with Gasteiger partial charge in [-0.3, -0.25) is 0 Å². The van der Waals surface area contributed by atoms with Crippen molar-refractivity contribution in [2.45, 2.75) is 24.8 Å². The minimum Gasteiger partial charge on any atom is -0.328 e. The summed E-state index contributed by atoms with van der Waals surface area (Å²) in [4.78, 5) is 0. The molecule has 0 amide bonds. The maximum atomic E-state index is 5.78. The fourth-order valence-electron chi connectivity index (χ4n) is 1.67. The molecule has 0 saturated heterocycles. The van der Waals surface area contributed by atoms with E-state index in [0.717, 1.165) is 17.9 Å². The number of benzene rings is 1. The summed E-state index contributed by atoms with van der Waals surface area (Å²) in [6.07, 6.45) is 2.25. The molecule has 0 aliphatic heterocycles. The van der Waals surface area contributed by atoms with E-state index in [-0.39, 0.29) is 12.4 Å². The van der Waals surface area contributed by atoms with Gasteiger partial charge in [-0.25, -0.2) is 0 Å². The van der Waals surface area contributed by atoms with Crippen molar-refractivity contribution >= 4 is 24.0 Å². The van der Waals surface area contributed by atoms with Crippen LogP contribution in [0.25, 0.3) is 0 Å². The Hall–Kier alpha value is -0.240. The number of halogens is 2. The highest BCUT2D eigenvalue weighted by Gasteiger charge is 2.26. The van der Waals surface area contributed by atoms with Crippen LogP contribution >= 0.6 is 24.0 Å². The molecule has 1 aromatic rings. The Bertz CT molecular complexity index is 265. The van der Waals surface area contributed by atoms with Gasteiger partial charge in [0.1, 0.15) is 0 Å². The Morgan fingerprint density at radius 3 is 2.15 bits per heavy atom. The third-order valence-corrected chi connectivity index (χ3v) is 2.77. The Kier molecular flexibility index (Phi) is 3.60. The first-order chi connectivity index (χ1) is 5.75. The Labute approximate surface area is 89.7 Å². The molecule has 0 aromatic heterocycles. The zero-order valence-corrected chi connectivity index (χ0v) is 8.81. The molecule has 13 heavy (non-hydrogen) atoms. The third kappa shape index (κ3) is 2.37. The number of hydrogen-bond acceptors (Lipinski definition) is 1. The predicted octanol–water partition coefficient (Wildman–Crippen LogP) is 2.97. The normalized spacial score (nSPS) is 26.0. The summed E-state index contributed by atoms with van der Waals surface area (Å²) in [5.74, 6) is 0.678. The van der Waals surface area contributed by atoms with Crippen LogP contribution in [0.5, 0.6) is 0 Å². The van der Waals surface area contributed by atoms with Gasteiger partial charge in [0.25, 0.3) is 0 Å². The van der Waals surface area contributed by atoms with Gasteiger partial charge in [-0.2, -0.15) is 0 Å². The second-order valence-corrected chi connectivity index (χ2v) is 3.92. The molecule has 0 unspecified atom stereocenters. The molecule has 1 aliphatic rings. The van der Waals surface area contributed by atoms with Gasteiger partial charge in [-0.15, -0.1) is 12.4 Å². The smallest absolute Gasteiger partial charge is 0.0406 e. The Balaban J connectivity index is 0.000000845. The van der Waals surface area contributed by atoms with E-state index in [9.17, 15) is 0 Å². The topological polar surface area (TPSA) is 26.0 Å². The van der Waals surface area contributed by atoms with Gasteiger partial charge in [0.05, 0.1) is 0 Å². The second kappa shape index (κ2) is 4.32. The molecule has 0 atom stereocenters. The van der Waals surface area contributed by atoms with Crippen LogP contribution in [0.4, 0.5) is 0 Å². The average Bonchev–Trinajstić information content (AvgIpc) is 2.01. The van der Waals surface area contributed by atoms with Gasteiger partial charge in [-0.1, -0.05) is 23.7 Å². The molecule has 72 valence electrons. The first-order valence-electron chi connectivity index (χ1n) is 4.27. The van der Waals surface area contributed by atoms with Crippen molar-refractivity contribution in [3.05, 3.63) is 34.9 Å². The first-order valence-corrected chi connectivity index (χ1v) is 4.64. The van der Waals surface area contributed by atoms with Gasteiger partial charge < -0.3 is 5.73 Å². The Morgan fingerprint density at radius 1 is 1.15 bits per heavy atom. The van der Waals surface area contributed by atoms with E-state index in [4.69, 9.17) is 17.3 Å². The number of rotatable bonds is 1. The molecule has 0 heterocycles. The first kappa shape index (κ1) is 10.8. The molecule has 2 N–H and O–H groups in total. The summed E-state index contributed by atoms with van der Waals surface area (Å²) in [5.41, 5.74) is 7.09. The van der Waals surface area contributed by atoms with Crippen LogP contribution in [0.1, 0.15) is 24.3 Å². The lowest BCUT2D eigenvalue weighted by Crippen LogP contribution is -2.34. The summed E-state index contributed by atoms with van der Waals surface area (Å²) < 4.78 is 0. The van der Waals surface area contributed by atoms with Crippen LogP contribution in [0.3, 0.4) is 0 Å². The lowest BCUT2D eigenvalue weighted by atomic mass is 9.76. The molecule has 0 spiro atoms. The molecule has 1 nitrogen and oxygen atoms in total. The lowest BCUT2D eigenvalue weighted by molar-refractivity contribution is 0.351. The highest BCUT2D eigenvalue weighted by atomic mass is 35.5. The van der Waals surface area contributed by atoms with E-state index in [1.807, 2.05) is 12.1 Å². The highest BCUT2D eigenvalue weighted by Crippen LogP contribution is 2.35. The minimum absolute atomic E-state index is 0. The molecule has 1 fully saturated rings. The van der Waals surface area contributed by atoms with Gasteiger partial charge in [-0.05, 0) is 36.5 Å². The van der Waals surface area contributed by atoms with Crippen molar-refractivity contribution in [1.82, 2.24) is 0 Å². The Morgan fingerprint density at radius 2 is 1.69 bits per heavy atom. The summed E-state index contributed by atoms with van der Waals surface area (Å²) in [6, 6.07) is 8.50. The highest BCUT2D eigenvalue weighted by molar-refractivity contribution is 6.30. The monoisotopic (exact) mass is 217 g/mol. The van der Waals surface area contributed by atoms with Crippen molar-refractivity contribution in [3.63, 3.8) is 0 Å². The van der Waals surface area contributed by atoms with E-state index >= 15 is 0 Å². The van der Waals surface area contributed by atoms with Crippen LogP contribution < -0.4 is 5.73 Å². The fourth-order valence-corrected chi connectivity index (χ4v) is 1.79. The third-order valence-electron chi connectivity index (χ3n) is 2.52. The molecule has 0 radical (unpaired) electrons. The standard InChI is InChI=1S/C10H12ClN.ClH/c11-9-3-1-7(2-4-9)8-5-10(12)6-8;/h1-4,8,10H,5-6,12H2;1H. The van der Waals surface area contributed by atoms with Crippen molar-refractivity contribution in [2.75, 3.05) is 0 Å². The van der Waals surface area contributed by atoms with Gasteiger partial charge in [0.2, 0.25) is 0 Å². The second-order valence-electron chi connectivity index (χ2n) is 3.48. The van der Waals surface area contributed by atoms with E-state index in [0.29, 0.717) is 12.0 Å². The van der Waals surface area contributed by atoms with E-state index in [1.54, 1.807) is 0 Å². The molecular formula is C10H13Cl2N. The van der Waals surface area contributed by atoms with Crippen LogP contribution in [0, 0.1) is 0 Å². The number of hydrogen-bond donors (Lipinski definition) is 1. The van der Waals surface area contributed by atoms with Crippen molar-refractivity contribution in [2.24, 2.45) is 5.73 Å². The maximum Gasteiger partial charge on any atom is 0.0406 e. The van der Waals surface area contributed by atoms with Gasteiger partial charge in [0, 0.05) is 11.1 Å². The molecule has 3 heteroatoms. The summed E-state index contributed by atoms with van der Waals surface area (Å²) in [7, 11) is 0. The van der Waals surface area contributed by atoms with Gasteiger partial charge in [0.15, 0.2) is 0 Å². The van der Waals surface area contributed by atoms with E-state index in [2.05, 4.69) is 12.1 Å². The summed E-state index contributed by atoms with van der Waals surface area (Å²) in [5, 5.41) is 0.808. The van der Waals surface area contributed by atoms with Crippen molar-refractivity contribution < 1.29 is 0 Å². The van der Waals surface area contributed by atoms with Crippen molar-refractivity contribution in [1.29, 1.82) is 0 Å². The molecule has 0 bridgehead atoms. The zero-order valence-electron chi connectivity index (χ0n) is 7.24. The lowest BCUT2D eigenvalue weighted by Gasteiger charge is -2.32. The van der Waals surface area contributed by atoms with Crippen LogP contribution in [-0.2, 0) is 0 Å². The quantitative estimate of drug-likeness (QED) is 0.770. The SMILES string of the molecule is Cl.NC1CC(c2ccc(Cl)cc2)C1. The minimum atomic E-state index is 0. The molecular weight excluding hydrogens is 205 g/mol. The summed E-state index contributed by atoms with van der Waals surface area (Å²) in [6.45, 7) is 0. The van der Waals surface area contributed by atoms with Crippen LogP contribution in [0.15, 0.2) is 24.3 Å². The summed E-state index contributed by atoms with van der Waals surface area (Å²) >= 11 is 5.78. The zero-order chi connectivity index (χ0) is 8.55. The van der Waals surface area contributed by atoms with Crippen molar-refractivity contribution in [3.8, 4) is 0 Å². The maximum absolute atomic E-state index is 5.78. The molecule has 1 saturated carbocycles. The fraction of sp³-hybridized carbons (Fsp3) is 0.400. The van der Waals surface area contributed by atoms with Crippen LogP contribution in [0.2, 0.25) is 5.02 Å². The van der Waals surface area contributed by atoms with Gasteiger partial charge >= 0.3 is 0 Å². The van der Waals surface area contributed by atoms with E-state index < -0.39 is 0 Å². The number of nitrogens with two attached hydrogens (primary N) is 1. The largest absolute Gasteiger partial charge is 0.328 e. The molecule has 2 rings (SSSR count). The molecule has 1 aromatic carbocycles. The average molecular weight is 218 g/mol. The predicted molar refractivity (Wildman–Crippen MR) is 58.7 cm³/mol. The van der Waals surface area contributed by atoms with E-state index in [1.165, 1.54) is 5.56 Å².